The van der Waals surface area contributed by atoms with Crippen LogP contribution in [-0.2, 0) is 4.84 Å². The molecule has 2 nitrogen and oxygen atoms in total. The zero-order valence-electron chi connectivity index (χ0n) is 8.10. The summed E-state index contributed by atoms with van der Waals surface area (Å²) in [6.45, 7) is 2.11. The van der Waals surface area contributed by atoms with Crippen LogP contribution < -0.4 is 0 Å². The van der Waals surface area contributed by atoms with Crippen LogP contribution in [0.5, 0.6) is 0 Å². The number of benzene rings is 1. The van der Waals surface area contributed by atoms with Gasteiger partial charge in [-0.25, -0.2) is 0 Å². The van der Waals surface area contributed by atoms with E-state index in [4.69, 9.17) is 4.84 Å². The Bertz CT molecular complexity index is 273. The van der Waals surface area contributed by atoms with Crippen molar-refractivity contribution in [2.45, 2.75) is 25.5 Å². The lowest BCUT2D eigenvalue weighted by molar-refractivity contribution is -0.138. The average Bonchev–Trinajstić information content (AvgIpc) is 2.47. The van der Waals surface area contributed by atoms with Crippen molar-refractivity contribution in [1.29, 1.82) is 0 Å². The second kappa shape index (κ2) is 3.48. The van der Waals surface area contributed by atoms with Crippen LogP contribution in [0.3, 0.4) is 0 Å². The highest BCUT2D eigenvalue weighted by molar-refractivity contribution is 5.19. The molecule has 0 unspecified atom stereocenters. The molecular formula is C11H15NO. The van der Waals surface area contributed by atoms with E-state index in [1.54, 1.807) is 0 Å². The second-order valence-corrected chi connectivity index (χ2v) is 3.62. The SMILES string of the molecule is C[C@H]1C[C@@H](c2ccccc2)N(C)O1. The summed E-state index contributed by atoms with van der Waals surface area (Å²) >= 11 is 0. The third kappa shape index (κ3) is 1.74. The third-order valence-electron chi connectivity index (χ3n) is 2.52. The minimum absolute atomic E-state index is 0.343. The second-order valence-electron chi connectivity index (χ2n) is 3.62. The van der Waals surface area contributed by atoms with Crippen molar-refractivity contribution in [1.82, 2.24) is 5.06 Å². The van der Waals surface area contributed by atoms with Gasteiger partial charge >= 0.3 is 0 Å². The topological polar surface area (TPSA) is 12.5 Å². The Labute approximate surface area is 79.1 Å². The van der Waals surface area contributed by atoms with Crippen LogP contribution in [0.25, 0.3) is 0 Å². The summed E-state index contributed by atoms with van der Waals surface area (Å²) in [4.78, 5) is 5.56. The number of hydroxylamine groups is 2. The van der Waals surface area contributed by atoms with E-state index in [9.17, 15) is 0 Å². The van der Waals surface area contributed by atoms with Gasteiger partial charge < -0.3 is 0 Å². The van der Waals surface area contributed by atoms with E-state index in [0.717, 1.165) is 6.42 Å². The molecule has 0 aromatic heterocycles. The summed E-state index contributed by atoms with van der Waals surface area (Å²) in [5.74, 6) is 0. The van der Waals surface area contributed by atoms with Crippen molar-refractivity contribution in [3.63, 3.8) is 0 Å². The Morgan fingerprint density at radius 1 is 1.31 bits per heavy atom. The molecule has 13 heavy (non-hydrogen) atoms. The minimum atomic E-state index is 0.343. The molecule has 0 saturated carbocycles. The Morgan fingerprint density at radius 2 is 2.00 bits per heavy atom. The van der Waals surface area contributed by atoms with Crippen LogP contribution in [0.15, 0.2) is 30.3 Å². The van der Waals surface area contributed by atoms with Gasteiger partial charge in [0, 0.05) is 7.05 Å². The fourth-order valence-electron chi connectivity index (χ4n) is 1.88. The van der Waals surface area contributed by atoms with E-state index < -0.39 is 0 Å². The molecule has 1 aliphatic heterocycles. The van der Waals surface area contributed by atoms with E-state index in [2.05, 4.69) is 31.2 Å². The van der Waals surface area contributed by atoms with Gasteiger partial charge in [0.1, 0.15) is 0 Å². The van der Waals surface area contributed by atoms with Crippen molar-refractivity contribution >= 4 is 0 Å². The maximum absolute atomic E-state index is 5.56. The van der Waals surface area contributed by atoms with E-state index in [1.807, 2.05) is 18.2 Å². The molecule has 1 aromatic rings. The largest absolute Gasteiger partial charge is 0.296 e. The normalized spacial score (nSPS) is 29.4. The molecule has 2 heteroatoms. The summed E-state index contributed by atoms with van der Waals surface area (Å²) < 4.78 is 0. The predicted octanol–water partition coefficient (Wildman–Crippen LogP) is 2.38. The number of hydrogen-bond acceptors (Lipinski definition) is 2. The van der Waals surface area contributed by atoms with Crippen LogP contribution >= 0.6 is 0 Å². The van der Waals surface area contributed by atoms with Gasteiger partial charge in [-0.05, 0) is 18.9 Å². The standard InChI is InChI=1S/C11H15NO/c1-9-8-11(12(2)13-9)10-6-4-3-5-7-10/h3-7,9,11H,8H2,1-2H3/t9-,11-/m0/s1. The molecule has 0 amide bonds. The predicted molar refractivity (Wildman–Crippen MR) is 52.1 cm³/mol. The highest BCUT2D eigenvalue weighted by Crippen LogP contribution is 2.31. The van der Waals surface area contributed by atoms with Crippen molar-refractivity contribution in [2.75, 3.05) is 7.05 Å². The number of hydrogen-bond donors (Lipinski definition) is 0. The molecule has 1 aromatic carbocycles. The Kier molecular flexibility index (Phi) is 2.34. The molecule has 0 aliphatic carbocycles. The van der Waals surface area contributed by atoms with Crippen molar-refractivity contribution in [3.05, 3.63) is 35.9 Å². The third-order valence-corrected chi connectivity index (χ3v) is 2.52. The molecule has 0 radical (unpaired) electrons. The summed E-state index contributed by atoms with van der Waals surface area (Å²) in [6, 6.07) is 10.9. The number of rotatable bonds is 1. The van der Waals surface area contributed by atoms with Gasteiger partial charge in [-0.2, -0.15) is 5.06 Å². The van der Waals surface area contributed by atoms with E-state index in [-0.39, 0.29) is 0 Å². The average molecular weight is 177 g/mol. The van der Waals surface area contributed by atoms with Crippen LogP contribution in [0, 0.1) is 0 Å². The lowest BCUT2D eigenvalue weighted by Gasteiger charge is -2.17. The first-order valence-electron chi connectivity index (χ1n) is 4.72. The lowest BCUT2D eigenvalue weighted by atomic mass is 10.0. The lowest BCUT2D eigenvalue weighted by Crippen LogP contribution is -2.16. The molecule has 1 fully saturated rings. The Hall–Kier alpha value is -0.860. The molecule has 1 aliphatic rings. The summed E-state index contributed by atoms with van der Waals surface area (Å²) in [7, 11) is 2.00. The molecule has 70 valence electrons. The van der Waals surface area contributed by atoms with Crippen molar-refractivity contribution in [2.24, 2.45) is 0 Å². The highest BCUT2D eigenvalue weighted by atomic mass is 16.7. The fourth-order valence-corrected chi connectivity index (χ4v) is 1.88. The maximum Gasteiger partial charge on any atom is 0.0784 e. The maximum atomic E-state index is 5.56. The molecule has 0 bridgehead atoms. The van der Waals surface area contributed by atoms with Crippen LogP contribution in [0.2, 0.25) is 0 Å². The zero-order valence-corrected chi connectivity index (χ0v) is 8.10. The van der Waals surface area contributed by atoms with E-state index in [0.29, 0.717) is 12.1 Å². The number of nitrogens with zero attached hydrogens (tertiary/aromatic N) is 1. The molecule has 0 spiro atoms. The van der Waals surface area contributed by atoms with Gasteiger partial charge in [-0.1, -0.05) is 30.3 Å². The monoisotopic (exact) mass is 177 g/mol. The quantitative estimate of drug-likeness (QED) is 0.653. The van der Waals surface area contributed by atoms with Gasteiger partial charge in [0.25, 0.3) is 0 Å². The minimum Gasteiger partial charge on any atom is -0.296 e. The van der Waals surface area contributed by atoms with Crippen molar-refractivity contribution in [3.8, 4) is 0 Å². The highest BCUT2D eigenvalue weighted by Gasteiger charge is 2.28. The van der Waals surface area contributed by atoms with Crippen LogP contribution in [0.1, 0.15) is 24.9 Å². The van der Waals surface area contributed by atoms with Crippen LogP contribution in [0.4, 0.5) is 0 Å². The van der Waals surface area contributed by atoms with Crippen LogP contribution in [-0.4, -0.2) is 18.2 Å². The summed E-state index contributed by atoms with van der Waals surface area (Å²) in [5.41, 5.74) is 1.34. The smallest absolute Gasteiger partial charge is 0.0784 e. The Balaban J connectivity index is 2.18. The van der Waals surface area contributed by atoms with Gasteiger partial charge in [-0.15, -0.1) is 0 Å². The Morgan fingerprint density at radius 3 is 2.54 bits per heavy atom. The first-order valence-corrected chi connectivity index (χ1v) is 4.72. The molecule has 2 rings (SSSR count). The van der Waals surface area contributed by atoms with Gasteiger partial charge in [0.05, 0.1) is 12.1 Å². The summed E-state index contributed by atoms with van der Waals surface area (Å²) in [5, 5.41) is 1.96. The fraction of sp³-hybridized carbons (Fsp3) is 0.455. The van der Waals surface area contributed by atoms with E-state index in [1.165, 1.54) is 5.56 Å². The molecular weight excluding hydrogens is 162 g/mol. The zero-order chi connectivity index (χ0) is 9.26. The first-order chi connectivity index (χ1) is 6.27. The molecule has 2 atom stereocenters. The van der Waals surface area contributed by atoms with E-state index >= 15 is 0 Å². The van der Waals surface area contributed by atoms with Gasteiger partial charge in [-0.3, -0.25) is 4.84 Å². The van der Waals surface area contributed by atoms with Gasteiger partial charge in [0.15, 0.2) is 0 Å². The van der Waals surface area contributed by atoms with Crippen molar-refractivity contribution < 1.29 is 4.84 Å². The summed E-state index contributed by atoms with van der Waals surface area (Å²) in [6.07, 6.45) is 1.43. The molecule has 0 N–H and O–H groups in total. The molecule has 1 heterocycles. The van der Waals surface area contributed by atoms with Gasteiger partial charge in [0.2, 0.25) is 0 Å². The first kappa shape index (κ1) is 8.73. The molecule has 1 saturated heterocycles.